The molecule has 0 fully saturated rings. The number of hydrogen-bond donors (Lipinski definition) is 0. The lowest BCUT2D eigenvalue weighted by Crippen LogP contribution is -2.15. The first-order valence-electron chi connectivity index (χ1n) is 23.2. The first-order chi connectivity index (χ1) is 32.9. The molecule has 0 N–H and O–H groups in total. The van der Waals surface area contributed by atoms with Gasteiger partial charge in [-0.3, -0.25) is 0 Å². The van der Waals surface area contributed by atoms with Crippen molar-refractivity contribution in [3.05, 3.63) is 248 Å². The summed E-state index contributed by atoms with van der Waals surface area (Å²) in [7, 11) is 0. The van der Waals surface area contributed by atoms with E-state index >= 15 is 0 Å². The summed E-state index contributed by atoms with van der Waals surface area (Å²) in [6, 6.07) is 86.5. The molecule has 0 radical (unpaired) electrons. The lowest BCUT2D eigenvalue weighted by Gasteiger charge is -2.28. The third-order valence-corrected chi connectivity index (χ3v) is 14.3. The molecule has 0 aliphatic heterocycles. The maximum absolute atomic E-state index is 6.21. The van der Waals surface area contributed by atoms with Crippen LogP contribution in [0.2, 0.25) is 0 Å². The Morgan fingerprint density at radius 1 is 0.313 bits per heavy atom. The second-order valence-corrected chi connectivity index (χ2v) is 18.5. The van der Waals surface area contributed by atoms with Crippen molar-refractivity contribution in [1.29, 1.82) is 0 Å². The number of hydrogen-bond acceptors (Lipinski definition) is 2. The van der Waals surface area contributed by atoms with Gasteiger partial charge in [-0.2, -0.15) is 0 Å². The highest BCUT2D eigenvalue weighted by atomic mass is 16.3. The van der Waals surface area contributed by atoms with Gasteiger partial charge in [0.1, 0.15) is 11.2 Å². The van der Waals surface area contributed by atoms with Crippen LogP contribution in [0, 0.1) is 0 Å². The minimum Gasteiger partial charge on any atom is -0.456 e. The molecule has 0 saturated heterocycles. The summed E-state index contributed by atoms with van der Waals surface area (Å²) in [6.07, 6.45) is 0. The molecule has 11 aromatic carbocycles. The van der Waals surface area contributed by atoms with Crippen molar-refractivity contribution in [3.63, 3.8) is 0 Å². The number of furan rings is 1. The van der Waals surface area contributed by atoms with Crippen LogP contribution in [-0.2, 0) is 5.41 Å². The molecule has 2 heteroatoms. The SMILES string of the molecule is CC1(C)c2cc(-c3ccccc3)ccc2-c2ccc(-c3ccc(N(c4ccc(-c5ccc(-c6ccc7c(c6)oc6ccccc67)cc5)cc4)c4cc5ccccc5c5ccccc45)cc3)cc21. The van der Waals surface area contributed by atoms with Crippen molar-refractivity contribution in [1.82, 2.24) is 0 Å². The van der Waals surface area contributed by atoms with E-state index in [-0.39, 0.29) is 5.41 Å². The molecule has 0 bridgehead atoms. The Morgan fingerprint density at radius 3 is 1.37 bits per heavy atom. The van der Waals surface area contributed by atoms with E-state index in [0.29, 0.717) is 0 Å². The number of benzene rings is 11. The monoisotopic (exact) mass is 855 g/mol. The summed E-state index contributed by atoms with van der Waals surface area (Å²) in [5.74, 6) is 0. The number of anilines is 3. The van der Waals surface area contributed by atoms with E-state index in [4.69, 9.17) is 4.42 Å². The third-order valence-electron chi connectivity index (χ3n) is 14.3. The summed E-state index contributed by atoms with van der Waals surface area (Å²) >= 11 is 0. The van der Waals surface area contributed by atoms with Crippen LogP contribution in [0.5, 0.6) is 0 Å². The van der Waals surface area contributed by atoms with Gasteiger partial charge in [0, 0.05) is 32.9 Å². The van der Waals surface area contributed by atoms with Crippen LogP contribution in [0.15, 0.2) is 241 Å². The summed E-state index contributed by atoms with van der Waals surface area (Å²) in [4.78, 5) is 2.42. The van der Waals surface area contributed by atoms with E-state index in [1.165, 1.54) is 77.2 Å². The van der Waals surface area contributed by atoms with Crippen LogP contribution in [0.4, 0.5) is 17.1 Å². The Hall–Kier alpha value is -8.46. The molecule has 1 aromatic heterocycles. The molecule has 1 aliphatic rings. The molecular weight excluding hydrogens is 811 g/mol. The van der Waals surface area contributed by atoms with Crippen LogP contribution in [0.3, 0.4) is 0 Å². The molecule has 1 aliphatic carbocycles. The van der Waals surface area contributed by atoms with Crippen molar-refractivity contribution >= 4 is 60.5 Å². The highest BCUT2D eigenvalue weighted by Gasteiger charge is 2.36. The van der Waals surface area contributed by atoms with E-state index < -0.39 is 0 Å². The molecule has 13 rings (SSSR count). The average Bonchev–Trinajstić information content (AvgIpc) is 3.87. The molecule has 2 nitrogen and oxygen atoms in total. The zero-order valence-corrected chi connectivity index (χ0v) is 37.4. The Labute approximate surface area is 390 Å². The van der Waals surface area contributed by atoms with E-state index in [2.05, 4.69) is 243 Å². The highest BCUT2D eigenvalue weighted by molar-refractivity contribution is 6.14. The predicted octanol–water partition coefficient (Wildman–Crippen LogP) is 18.3. The number of fused-ring (bicyclic) bond motifs is 9. The fourth-order valence-electron chi connectivity index (χ4n) is 10.7. The van der Waals surface area contributed by atoms with E-state index in [1.54, 1.807) is 0 Å². The van der Waals surface area contributed by atoms with Gasteiger partial charge in [0.05, 0.1) is 5.69 Å². The zero-order chi connectivity index (χ0) is 44.6. The second kappa shape index (κ2) is 15.3. The Bertz CT molecular complexity index is 3860. The first kappa shape index (κ1) is 39.0. The summed E-state index contributed by atoms with van der Waals surface area (Å²) in [6.45, 7) is 4.74. The molecule has 0 amide bonds. The fraction of sp³-hybridized carbons (Fsp3) is 0.0462. The second-order valence-electron chi connectivity index (χ2n) is 18.5. The van der Waals surface area contributed by atoms with Gasteiger partial charge >= 0.3 is 0 Å². The molecule has 0 unspecified atom stereocenters. The van der Waals surface area contributed by atoms with E-state index in [1.807, 2.05) is 12.1 Å². The van der Waals surface area contributed by atoms with Gasteiger partial charge in [-0.05, 0) is 144 Å². The lowest BCUT2D eigenvalue weighted by molar-refractivity contribution is 0.661. The van der Waals surface area contributed by atoms with Crippen molar-refractivity contribution in [2.75, 3.05) is 4.90 Å². The molecule has 1 heterocycles. The molecule has 316 valence electrons. The van der Waals surface area contributed by atoms with Crippen LogP contribution < -0.4 is 4.90 Å². The smallest absolute Gasteiger partial charge is 0.136 e. The minimum atomic E-state index is -0.126. The summed E-state index contributed by atoms with van der Waals surface area (Å²) in [5.41, 5.74) is 20.0. The standard InChI is InChI=1S/C65H45NO/c1-65(2)60-38-47(42-12-4-3-5-13-42)28-35-55(60)56-36-29-48(39-61(56)65)46-26-33-52(34-27-46)66(62-40-50-14-6-7-15-53(50)54-16-8-9-17-57(54)62)51-31-24-44(25-32-51)43-20-22-45(23-21-43)49-30-37-59-58-18-10-11-19-63(58)67-64(59)41-49/h3-41H,1-2H3. The first-order valence-corrected chi connectivity index (χ1v) is 23.2. The fourth-order valence-corrected chi connectivity index (χ4v) is 10.7. The zero-order valence-electron chi connectivity index (χ0n) is 37.4. The van der Waals surface area contributed by atoms with Crippen molar-refractivity contribution in [2.24, 2.45) is 0 Å². The quantitative estimate of drug-likeness (QED) is 0.149. The normalized spacial score (nSPS) is 12.7. The minimum absolute atomic E-state index is 0.126. The van der Waals surface area contributed by atoms with Crippen molar-refractivity contribution in [2.45, 2.75) is 19.3 Å². The Kier molecular flexibility index (Phi) is 8.91. The molecule has 0 atom stereocenters. The average molecular weight is 856 g/mol. The van der Waals surface area contributed by atoms with Crippen molar-refractivity contribution in [3.8, 4) is 55.6 Å². The molecule has 0 spiro atoms. The van der Waals surface area contributed by atoms with Crippen molar-refractivity contribution < 1.29 is 4.42 Å². The maximum Gasteiger partial charge on any atom is 0.136 e. The lowest BCUT2D eigenvalue weighted by atomic mass is 9.81. The molecule has 0 saturated carbocycles. The van der Waals surface area contributed by atoms with Crippen LogP contribution >= 0.6 is 0 Å². The summed E-state index contributed by atoms with van der Waals surface area (Å²) in [5, 5.41) is 7.22. The van der Waals surface area contributed by atoms with Crippen LogP contribution in [0.1, 0.15) is 25.0 Å². The Balaban J connectivity index is 0.850. The topological polar surface area (TPSA) is 16.4 Å². The van der Waals surface area contributed by atoms with Gasteiger partial charge in [-0.15, -0.1) is 0 Å². The van der Waals surface area contributed by atoms with Crippen LogP contribution in [-0.4, -0.2) is 0 Å². The maximum atomic E-state index is 6.21. The highest BCUT2D eigenvalue weighted by Crippen LogP contribution is 2.51. The Morgan fingerprint density at radius 2 is 0.746 bits per heavy atom. The van der Waals surface area contributed by atoms with Gasteiger partial charge in [0.2, 0.25) is 0 Å². The number of para-hydroxylation sites is 1. The number of nitrogens with zero attached hydrogens (tertiary/aromatic N) is 1. The third kappa shape index (κ3) is 6.48. The van der Waals surface area contributed by atoms with Gasteiger partial charge < -0.3 is 9.32 Å². The van der Waals surface area contributed by atoms with Gasteiger partial charge in [0.25, 0.3) is 0 Å². The predicted molar refractivity (Wildman–Crippen MR) is 283 cm³/mol. The molecular formula is C65H45NO. The van der Waals surface area contributed by atoms with E-state index in [9.17, 15) is 0 Å². The molecule has 12 aromatic rings. The number of rotatable bonds is 7. The largest absolute Gasteiger partial charge is 0.456 e. The molecule has 67 heavy (non-hydrogen) atoms. The van der Waals surface area contributed by atoms with Gasteiger partial charge in [0.15, 0.2) is 0 Å². The van der Waals surface area contributed by atoms with E-state index in [0.717, 1.165) is 50.1 Å². The van der Waals surface area contributed by atoms with Gasteiger partial charge in [-0.1, -0.05) is 190 Å². The van der Waals surface area contributed by atoms with Crippen LogP contribution in [0.25, 0.3) is 99.1 Å². The van der Waals surface area contributed by atoms with Gasteiger partial charge in [-0.25, -0.2) is 0 Å². The summed E-state index contributed by atoms with van der Waals surface area (Å²) < 4.78 is 6.21.